The number of nitrogens with zero attached hydrogens (tertiary/aromatic N) is 3. The quantitative estimate of drug-likeness (QED) is 0.923. The van der Waals surface area contributed by atoms with Gasteiger partial charge in [0, 0.05) is 24.7 Å². The third kappa shape index (κ3) is 2.95. The van der Waals surface area contributed by atoms with Gasteiger partial charge in [0.2, 0.25) is 12.3 Å². The lowest BCUT2D eigenvalue weighted by molar-refractivity contribution is 0.0265. The molecule has 0 bridgehead atoms. The first kappa shape index (κ1) is 13.8. The van der Waals surface area contributed by atoms with Crippen molar-refractivity contribution < 1.29 is 14.3 Å². The molecule has 2 aromatic rings. The van der Waals surface area contributed by atoms with Crippen molar-refractivity contribution in [3.05, 3.63) is 36.2 Å². The first-order valence-electron chi connectivity index (χ1n) is 6.93. The molecule has 1 amide bonds. The lowest BCUT2D eigenvalue weighted by Crippen LogP contribution is -2.39. The fourth-order valence-corrected chi connectivity index (χ4v) is 2.59. The van der Waals surface area contributed by atoms with Gasteiger partial charge in [-0.2, -0.15) is 0 Å². The Kier molecular flexibility index (Phi) is 3.70. The van der Waals surface area contributed by atoms with Crippen molar-refractivity contribution in [3.8, 4) is 11.5 Å². The molecule has 1 aliphatic rings. The molecule has 21 heavy (non-hydrogen) atoms. The van der Waals surface area contributed by atoms with Gasteiger partial charge in [0.05, 0.1) is 6.10 Å². The molecule has 1 aliphatic carbocycles. The van der Waals surface area contributed by atoms with Gasteiger partial charge in [-0.25, -0.2) is 0 Å². The topological polar surface area (TPSA) is 79.5 Å². The number of amides is 1. The zero-order valence-corrected chi connectivity index (χ0v) is 11.8. The Morgan fingerprint density at radius 3 is 2.67 bits per heavy atom. The number of aliphatic hydroxyl groups excluding tert-OH is 1. The maximum atomic E-state index is 12.3. The summed E-state index contributed by atoms with van der Waals surface area (Å²) in [5.41, 5.74) is 1.41. The molecule has 0 aliphatic heterocycles. The normalized spacial score (nSPS) is 20.9. The van der Waals surface area contributed by atoms with E-state index in [9.17, 15) is 9.90 Å². The predicted molar refractivity (Wildman–Crippen MR) is 75.4 cm³/mol. The van der Waals surface area contributed by atoms with Gasteiger partial charge in [-0.1, -0.05) is 0 Å². The zero-order chi connectivity index (χ0) is 14.8. The second-order valence-corrected chi connectivity index (χ2v) is 5.50. The molecular formula is C15H17N3O3. The summed E-state index contributed by atoms with van der Waals surface area (Å²) in [4.78, 5) is 14.0. The number of benzene rings is 1. The van der Waals surface area contributed by atoms with Crippen LogP contribution >= 0.6 is 0 Å². The summed E-state index contributed by atoms with van der Waals surface area (Å²) in [5, 5.41) is 16.7. The zero-order valence-electron chi connectivity index (χ0n) is 11.8. The van der Waals surface area contributed by atoms with Crippen molar-refractivity contribution in [2.24, 2.45) is 5.92 Å². The van der Waals surface area contributed by atoms with Gasteiger partial charge < -0.3 is 14.4 Å². The summed E-state index contributed by atoms with van der Waals surface area (Å²) in [7, 11) is 1.79. The minimum atomic E-state index is -0.188. The average Bonchev–Trinajstić information content (AvgIpc) is 2.99. The highest BCUT2D eigenvalue weighted by molar-refractivity contribution is 5.94. The standard InChI is InChI=1S/C15H17N3O3/c1-18(8-10-6-13(19)7-10)15(20)12-4-2-11(3-5-12)14-17-16-9-21-14/h2-5,9-10,13,19H,6-8H2,1H3. The number of carbonyl (C=O) groups excluding carboxylic acids is 1. The second-order valence-electron chi connectivity index (χ2n) is 5.50. The molecule has 1 heterocycles. The van der Waals surface area contributed by atoms with Crippen LogP contribution in [0.1, 0.15) is 23.2 Å². The number of aliphatic hydroxyl groups is 1. The van der Waals surface area contributed by atoms with E-state index in [-0.39, 0.29) is 12.0 Å². The summed E-state index contributed by atoms with van der Waals surface area (Å²) in [6.45, 7) is 0.682. The Morgan fingerprint density at radius 2 is 2.10 bits per heavy atom. The van der Waals surface area contributed by atoms with Gasteiger partial charge >= 0.3 is 0 Å². The predicted octanol–water partition coefficient (Wildman–Crippen LogP) is 1.58. The summed E-state index contributed by atoms with van der Waals surface area (Å²) >= 11 is 0. The molecule has 0 spiro atoms. The van der Waals surface area contributed by atoms with E-state index in [0.29, 0.717) is 23.9 Å². The van der Waals surface area contributed by atoms with Gasteiger partial charge in [-0.05, 0) is 43.0 Å². The van der Waals surface area contributed by atoms with E-state index in [4.69, 9.17) is 4.42 Å². The number of hydrogen-bond acceptors (Lipinski definition) is 5. The molecular weight excluding hydrogens is 270 g/mol. The summed E-state index contributed by atoms with van der Waals surface area (Å²) in [6, 6.07) is 7.10. The van der Waals surface area contributed by atoms with Crippen LogP contribution in [0, 0.1) is 5.92 Å². The summed E-state index contributed by atoms with van der Waals surface area (Å²) in [5.74, 6) is 0.825. The first-order valence-corrected chi connectivity index (χ1v) is 6.93. The molecule has 1 N–H and O–H groups in total. The van der Waals surface area contributed by atoms with Crippen LogP contribution in [0.15, 0.2) is 35.1 Å². The van der Waals surface area contributed by atoms with Gasteiger partial charge in [0.15, 0.2) is 0 Å². The average molecular weight is 287 g/mol. The molecule has 0 saturated heterocycles. The third-order valence-corrected chi connectivity index (χ3v) is 3.83. The Hall–Kier alpha value is -2.21. The van der Waals surface area contributed by atoms with Crippen molar-refractivity contribution in [3.63, 3.8) is 0 Å². The van der Waals surface area contributed by atoms with E-state index >= 15 is 0 Å². The lowest BCUT2D eigenvalue weighted by atomic mass is 9.82. The molecule has 6 nitrogen and oxygen atoms in total. The summed E-state index contributed by atoms with van der Waals surface area (Å²) < 4.78 is 5.11. The van der Waals surface area contributed by atoms with Crippen molar-refractivity contribution in [2.75, 3.05) is 13.6 Å². The molecule has 0 unspecified atom stereocenters. The van der Waals surface area contributed by atoms with Crippen molar-refractivity contribution in [1.29, 1.82) is 0 Å². The van der Waals surface area contributed by atoms with E-state index < -0.39 is 0 Å². The molecule has 1 aromatic heterocycles. The van der Waals surface area contributed by atoms with Crippen LogP contribution in [0.25, 0.3) is 11.5 Å². The monoisotopic (exact) mass is 287 g/mol. The van der Waals surface area contributed by atoms with Crippen LogP contribution < -0.4 is 0 Å². The Morgan fingerprint density at radius 1 is 1.38 bits per heavy atom. The molecule has 1 fully saturated rings. The maximum Gasteiger partial charge on any atom is 0.253 e. The maximum absolute atomic E-state index is 12.3. The number of rotatable bonds is 4. The largest absolute Gasteiger partial charge is 0.423 e. The van der Waals surface area contributed by atoms with Crippen LogP contribution in [0.4, 0.5) is 0 Å². The second kappa shape index (κ2) is 5.65. The highest BCUT2D eigenvalue weighted by Gasteiger charge is 2.29. The minimum Gasteiger partial charge on any atom is -0.423 e. The van der Waals surface area contributed by atoms with E-state index in [1.807, 2.05) is 0 Å². The third-order valence-electron chi connectivity index (χ3n) is 3.83. The number of hydrogen-bond donors (Lipinski definition) is 1. The Bertz CT molecular complexity index is 604. The Balaban J connectivity index is 1.64. The molecule has 0 atom stereocenters. The fourth-order valence-electron chi connectivity index (χ4n) is 2.59. The van der Waals surface area contributed by atoms with Crippen LogP contribution in [0.2, 0.25) is 0 Å². The molecule has 110 valence electrons. The van der Waals surface area contributed by atoms with Crippen LogP contribution in [-0.4, -0.2) is 45.8 Å². The van der Waals surface area contributed by atoms with Crippen molar-refractivity contribution >= 4 is 5.91 Å². The summed E-state index contributed by atoms with van der Waals surface area (Å²) in [6.07, 6.45) is 2.66. The van der Waals surface area contributed by atoms with E-state index in [0.717, 1.165) is 18.4 Å². The van der Waals surface area contributed by atoms with Crippen LogP contribution in [0.3, 0.4) is 0 Å². The lowest BCUT2D eigenvalue weighted by Gasteiger charge is -2.34. The molecule has 1 aromatic carbocycles. The van der Waals surface area contributed by atoms with Gasteiger partial charge in [0.1, 0.15) is 0 Å². The highest BCUT2D eigenvalue weighted by Crippen LogP contribution is 2.28. The van der Waals surface area contributed by atoms with E-state index in [1.54, 1.807) is 36.2 Å². The van der Waals surface area contributed by atoms with Gasteiger partial charge in [-0.3, -0.25) is 4.79 Å². The molecule has 1 saturated carbocycles. The van der Waals surface area contributed by atoms with Crippen LogP contribution in [-0.2, 0) is 0 Å². The van der Waals surface area contributed by atoms with Crippen LogP contribution in [0.5, 0.6) is 0 Å². The Labute approximate surface area is 122 Å². The van der Waals surface area contributed by atoms with Gasteiger partial charge in [0.25, 0.3) is 5.91 Å². The number of aromatic nitrogens is 2. The number of carbonyl (C=O) groups is 1. The van der Waals surface area contributed by atoms with Gasteiger partial charge in [-0.15, -0.1) is 10.2 Å². The van der Waals surface area contributed by atoms with Crippen molar-refractivity contribution in [1.82, 2.24) is 15.1 Å². The SMILES string of the molecule is CN(CC1CC(O)C1)C(=O)c1ccc(-c2nnco2)cc1. The highest BCUT2D eigenvalue weighted by atomic mass is 16.4. The molecule has 0 radical (unpaired) electrons. The van der Waals surface area contributed by atoms with Crippen molar-refractivity contribution in [2.45, 2.75) is 18.9 Å². The first-order chi connectivity index (χ1) is 10.1. The minimum absolute atomic E-state index is 0.0199. The fraction of sp³-hybridized carbons (Fsp3) is 0.400. The smallest absolute Gasteiger partial charge is 0.253 e. The molecule has 6 heteroatoms. The van der Waals surface area contributed by atoms with E-state index in [1.165, 1.54) is 6.39 Å². The molecule has 3 rings (SSSR count). The van der Waals surface area contributed by atoms with E-state index in [2.05, 4.69) is 10.2 Å².